The van der Waals surface area contributed by atoms with Crippen molar-refractivity contribution in [3.05, 3.63) is 16.2 Å². The fourth-order valence-corrected chi connectivity index (χ4v) is 2.57. The third-order valence-electron chi connectivity index (χ3n) is 3.17. The molecule has 1 aromatic rings. The van der Waals surface area contributed by atoms with Crippen LogP contribution in [0.4, 0.5) is 11.5 Å². The lowest BCUT2D eigenvalue weighted by Crippen LogP contribution is -2.28. The van der Waals surface area contributed by atoms with Crippen molar-refractivity contribution in [1.29, 1.82) is 0 Å². The Balaban J connectivity index is 2.25. The summed E-state index contributed by atoms with van der Waals surface area (Å²) in [5.74, 6) is 0.512. The highest BCUT2D eigenvalue weighted by molar-refractivity contribution is 9.10. The molecule has 2 heterocycles. The number of aromatic nitrogens is 1. The number of nitrogen functional groups attached to an aromatic ring is 1. The van der Waals surface area contributed by atoms with Crippen LogP contribution in [-0.4, -0.2) is 24.0 Å². The summed E-state index contributed by atoms with van der Waals surface area (Å²) in [4.78, 5) is 17.5. The van der Waals surface area contributed by atoms with Gasteiger partial charge in [-0.15, -0.1) is 0 Å². The van der Waals surface area contributed by atoms with Crippen molar-refractivity contribution in [3.8, 4) is 0 Å². The smallest absolute Gasteiger partial charge is 0.222 e. The van der Waals surface area contributed by atoms with Crippen molar-refractivity contribution in [3.63, 3.8) is 0 Å². The standard InChI is InChI=1S/C11H15BrN4O/c1-6-8(13)4-15-11(9(6)12)16-3-2-7(5-16)10(14)17/h4,7H,2-3,5,13H2,1H3,(H2,14,17). The van der Waals surface area contributed by atoms with E-state index >= 15 is 0 Å². The Kier molecular flexibility index (Phi) is 3.24. The zero-order chi connectivity index (χ0) is 12.6. The van der Waals surface area contributed by atoms with E-state index in [1.807, 2.05) is 6.92 Å². The predicted molar refractivity (Wildman–Crippen MR) is 70.6 cm³/mol. The molecule has 6 heteroatoms. The quantitative estimate of drug-likeness (QED) is 0.854. The third-order valence-corrected chi connectivity index (χ3v) is 4.12. The molecule has 17 heavy (non-hydrogen) atoms. The van der Waals surface area contributed by atoms with E-state index in [1.165, 1.54) is 0 Å². The molecule has 0 aliphatic carbocycles. The molecule has 4 N–H and O–H groups in total. The van der Waals surface area contributed by atoms with E-state index in [1.54, 1.807) is 6.20 Å². The molecule has 1 amide bonds. The van der Waals surface area contributed by atoms with Gasteiger partial charge in [-0.2, -0.15) is 0 Å². The SMILES string of the molecule is Cc1c(N)cnc(N2CCC(C(N)=O)C2)c1Br. The first kappa shape index (κ1) is 12.2. The summed E-state index contributed by atoms with van der Waals surface area (Å²) in [6, 6.07) is 0. The van der Waals surface area contributed by atoms with Gasteiger partial charge < -0.3 is 16.4 Å². The van der Waals surface area contributed by atoms with Gasteiger partial charge in [0.15, 0.2) is 0 Å². The largest absolute Gasteiger partial charge is 0.397 e. The molecule has 1 fully saturated rings. The highest BCUT2D eigenvalue weighted by atomic mass is 79.9. The van der Waals surface area contributed by atoms with Gasteiger partial charge in [-0.3, -0.25) is 4.79 Å². The summed E-state index contributed by atoms with van der Waals surface area (Å²) in [5.41, 5.74) is 12.7. The maximum Gasteiger partial charge on any atom is 0.222 e. The van der Waals surface area contributed by atoms with Crippen LogP contribution < -0.4 is 16.4 Å². The van der Waals surface area contributed by atoms with Crippen LogP contribution in [0, 0.1) is 12.8 Å². The van der Waals surface area contributed by atoms with Gasteiger partial charge >= 0.3 is 0 Å². The molecule has 5 nitrogen and oxygen atoms in total. The Bertz CT molecular complexity index is 463. The molecule has 1 atom stereocenters. The maximum absolute atomic E-state index is 11.1. The topological polar surface area (TPSA) is 85.2 Å². The van der Waals surface area contributed by atoms with Crippen molar-refractivity contribution in [2.75, 3.05) is 23.7 Å². The second-order valence-electron chi connectivity index (χ2n) is 4.31. The average Bonchev–Trinajstić information content (AvgIpc) is 2.75. The zero-order valence-electron chi connectivity index (χ0n) is 9.61. The van der Waals surface area contributed by atoms with Gasteiger partial charge in [0.1, 0.15) is 5.82 Å². The maximum atomic E-state index is 11.1. The van der Waals surface area contributed by atoms with Gasteiger partial charge in [-0.25, -0.2) is 4.98 Å². The monoisotopic (exact) mass is 298 g/mol. The van der Waals surface area contributed by atoms with Crippen molar-refractivity contribution >= 4 is 33.3 Å². The number of pyridine rings is 1. The second kappa shape index (κ2) is 4.52. The summed E-state index contributed by atoms with van der Waals surface area (Å²) in [7, 11) is 0. The Labute approximate surface area is 108 Å². The number of nitrogens with zero attached hydrogens (tertiary/aromatic N) is 2. The van der Waals surface area contributed by atoms with E-state index in [2.05, 4.69) is 25.8 Å². The molecular weight excluding hydrogens is 284 g/mol. The van der Waals surface area contributed by atoms with Crippen molar-refractivity contribution in [1.82, 2.24) is 4.98 Å². The van der Waals surface area contributed by atoms with Gasteiger partial charge in [0.2, 0.25) is 5.91 Å². The normalized spacial score (nSPS) is 19.6. The summed E-state index contributed by atoms with van der Waals surface area (Å²) >= 11 is 3.50. The lowest BCUT2D eigenvalue weighted by molar-refractivity contribution is -0.121. The van der Waals surface area contributed by atoms with Crippen LogP contribution in [0.2, 0.25) is 0 Å². The number of primary amides is 1. The third kappa shape index (κ3) is 2.22. The number of hydrogen-bond acceptors (Lipinski definition) is 4. The van der Waals surface area contributed by atoms with Crippen LogP contribution in [0.1, 0.15) is 12.0 Å². The molecule has 2 rings (SSSR count). The second-order valence-corrected chi connectivity index (χ2v) is 5.10. The number of carbonyl (C=O) groups is 1. The predicted octanol–water partition coefficient (Wildman–Crippen LogP) is 1.05. The number of halogens is 1. The van der Waals surface area contributed by atoms with Crippen molar-refractivity contribution in [2.24, 2.45) is 11.7 Å². The van der Waals surface area contributed by atoms with Crippen LogP contribution in [0.3, 0.4) is 0 Å². The average molecular weight is 299 g/mol. The summed E-state index contributed by atoms with van der Waals surface area (Å²) in [6.07, 6.45) is 2.43. The number of rotatable bonds is 2. The van der Waals surface area contributed by atoms with E-state index in [9.17, 15) is 4.79 Å². The molecule has 1 saturated heterocycles. The summed E-state index contributed by atoms with van der Waals surface area (Å²) in [5, 5.41) is 0. The summed E-state index contributed by atoms with van der Waals surface area (Å²) in [6.45, 7) is 3.36. The lowest BCUT2D eigenvalue weighted by atomic mass is 10.1. The van der Waals surface area contributed by atoms with Crippen LogP contribution >= 0.6 is 15.9 Å². The van der Waals surface area contributed by atoms with E-state index < -0.39 is 0 Å². The van der Waals surface area contributed by atoms with Gasteiger partial charge in [-0.05, 0) is 34.8 Å². The molecule has 0 spiro atoms. The Hall–Kier alpha value is -1.30. The Morgan fingerprint density at radius 1 is 1.65 bits per heavy atom. The van der Waals surface area contributed by atoms with Crippen LogP contribution in [0.15, 0.2) is 10.7 Å². The first-order valence-corrected chi connectivity index (χ1v) is 6.25. The van der Waals surface area contributed by atoms with E-state index in [0.717, 1.165) is 28.8 Å². The molecule has 0 radical (unpaired) electrons. The minimum atomic E-state index is -0.240. The van der Waals surface area contributed by atoms with Gasteiger partial charge in [0.25, 0.3) is 0 Å². The van der Waals surface area contributed by atoms with Crippen molar-refractivity contribution < 1.29 is 4.79 Å². The van der Waals surface area contributed by atoms with Gasteiger partial charge in [0.05, 0.1) is 22.3 Å². The van der Waals surface area contributed by atoms with Crippen LogP contribution in [-0.2, 0) is 4.79 Å². The lowest BCUT2D eigenvalue weighted by Gasteiger charge is -2.20. The summed E-state index contributed by atoms with van der Waals surface area (Å²) < 4.78 is 0.891. The molecule has 0 saturated carbocycles. The zero-order valence-corrected chi connectivity index (χ0v) is 11.2. The van der Waals surface area contributed by atoms with Crippen molar-refractivity contribution in [2.45, 2.75) is 13.3 Å². The number of hydrogen-bond donors (Lipinski definition) is 2. The molecule has 1 unspecified atom stereocenters. The number of carbonyl (C=O) groups excluding carboxylic acids is 1. The first-order valence-electron chi connectivity index (χ1n) is 5.45. The first-order chi connectivity index (χ1) is 8.00. The van der Waals surface area contributed by atoms with E-state index in [0.29, 0.717) is 12.2 Å². The molecular formula is C11H15BrN4O. The van der Waals surface area contributed by atoms with Crippen LogP contribution in [0.25, 0.3) is 0 Å². The highest BCUT2D eigenvalue weighted by Gasteiger charge is 2.28. The molecule has 1 aliphatic heterocycles. The molecule has 0 bridgehead atoms. The Morgan fingerprint density at radius 3 is 2.94 bits per heavy atom. The molecule has 1 aliphatic rings. The van der Waals surface area contributed by atoms with Gasteiger partial charge in [0, 0.05) is 13.1 Å². The van der Waals surface area contributed by atoms with Crippen LogP contribution in [0.5, 0.6) is 0 Å². The molecule has 92 valence electrons. The fourth-order valence-electron chi connectivity index (χ4n) is 1.98. The molecule has 0 aromatic carbocycles. The van der Waals surface area contributed by atoms with E-state index in [4.69, 9.17) is 11.5 Å². The number of nitrogens with two attached hydrogens (primary N) is 2. The highest BCUT2D eigenvalue weighted by Crippen LogP contribution is 2.33. The number of anilines is 2. The minimum Gasteiger partial charge on any atom is -0.397 e. The number of amides is 1. The fraction of sp³-hybridized carbons (Fsp3) is 0.455. The minimum absolute atomic E-state index is 0.0819. The van der Waals surface area contributed by atoms with Gasteiger partial charge in [-0.1, -0.05) is 0 Å². The van der Waals surface area contributed by atoms with E-state index in [-0.39, 0.29) is 11.8 Å². The molecule has 1 aromatic heterocycles. The Morgan fingerprint density at radius 2 is 2.35 bits per heavy atom.